The molecule has 6 rings (SSSR count). The highest BCUT2D eigenvalue weighted by atomic mass is 35.5. The summed E-state index contributed by atoms with van der Waals surface area (Å²) >= 11 is 75.5. The molecule has 5 aromatic rings. The number of anilines is 4. The maximum atomic E-state index is 14.3. The number of carbonyl (C=O) groups is 1. The normalized spacial score (nSPS) is 13.0. The predicted octanol–water partition coefficient (Wildman–Crippen LogP) is 15.8. The Balaban J connectivity index is 1.64. The Kier molecular flexibility index (Phi) is 17.7. The second-order valence-corrected chi connectivity index (χ2v) is 20.3. The molecule has 62 heavy (non-hydrogen) atoms. The fraction of sp³-hybridized carbons (Fsp3) is 0.205. The third-order valence-corrected chi connectivity index (χ3v) is 12.5. The number of ether oxygens (including phenoxy) is 1. The zero-order valence-corrected chi connectivity index (χ0v) is 41.0. The van der Waals surface area contributed by atoms with Gasteiger partial charge in [-0.15, -0.1) is 92.8 Å². The van der Waals surface area contributed by atoms with E-state index in [-0.39, 0.29) is 31.2 Å². The largest absolute Gasteiger partial charge is 0.442 e. The summed E-state index contributed by atoms with van der Waals surface area (Å²) in [6.07, 6.45) is 3.65. The zero-order valence-electron chi connectivity index (χ0n) is 31.9. The average Bonchev–Trinajstić information content (AvgIpc) is 3.54. The van der Waals surface area contributed by atoms with E-state index >= 15 is 0 Å². The smallest absolute Gasteiger partial charge is 0.341 e. The Morgan fingerprint density at radius 1 is 0.452 bits per heavy atom. The van der Waals surface area contributed by atoms with Gasteiger partial charge in [-0.25, -0.2) is 4.79 Å². The van der Waals surface area contributed by atoms with Crippen molar-refractivity contribution in [1.82, 2.24) is 0 Å². The minimum Gasteiger partial charge on any atom is -0.442 e. The van der Waals surface area contributed by atoms with Crippen LogP contribution in [0.15, 0.2) is 109 Å². The minimum atomic E-state index is -1.77. The van der Waals surface area contributed by atoms with Crippen molar-refractivity contribution in [1.29, 1.82) is 0 Å². The first-order valence-corrected chi connectivity index (χ1v) is 23.6. The molecule has 0 radical (unpaired) electrons. The number of benzene rings is 5. The molecule has 1 aliphatic heterocycles. The highest BCUT2D eigenvalue weighted by Gasteiger charge is 2.48. The first-order valence-electron chi connectivity index (χ1n) is 18.6. The summed E-state index contributed by atoms with van der Waals surface area (Å²) in [5.74, 6) is -0.767. The number of cyclic esters (lactones) is 1. The maximum Gasteiger partial charge on any atom is 0.341 e. The Labute approximate surface area is 419 Å². The highest BCUT2D eigenvalue weighted by molar-refractivity contribution is 6.53. The molecule has 1 aliphatic rings. The van der Waals surface area contributed by atoms with E-state index < -0.39 is 30.9 Å². The summed E-state index contributed by atoms with van der Waals surface area (Å²) in [6, 6.07) is 30.4. The van der Waals surface area contributed by atoms with Crippen LogP contribution in [0.5, 0.6) is 0 Å². The van der Waals surface area contributed by atoms with Crippen molar-refractivity contribution in [2.24, 2.45) is 0 Å². The van der Waals surface area contributed by atoms with Crippen LogP contribution in [0.25, 0.3) is 11.1 Å². The van der Waals surface area contributed by atoms with Crippen LogP contribution < -0.4 is 21.3 Å². The number of rotatable bonds is 18. The van der Waals surface area contributed by atoms with Gasteiger partial charge >= 0.3 is 5.97 Å². The van der Waals surface area contributed by atoms with Gasteiger partial charge in [0.05, 0.1) is 25.7 Å². The second-order valence-electron chi connectivity index (χ2n) is 13.7. The molecular weight excluding hydrogens is 1040 g/mol. The summed E-state index contributed by atoms with van der Waals surface area (Å²) in [5, 5.41) is 12.6. The molecule has 0 saturated carbocycles. The Bertz CT molecular complexity index is 2170. The Morgan fingerprint density at radius 3 is 1.00 bits per heavy atom. The molecule has 1 heterocycles. The van der Waals surface area contributed by atoms with E-state index in [4.69, 9.17) is 144 Å². The molecule has 326 valence electrons. The quantitative estimate of drug-likeness (QED) is 0.0303. The van der Waals surface area contributed by atoms with Crippen molar-refractivity contribution in [3.05, 3.63) is 163 Å². The van der Waals surface area contributed by atoms with Gasteiger partial charge in [0, 0.05) is 54.5 Å². The van der Waals surface area contributed by atoms with Gasteiger partial charge in [-0.05, 0) is 94.1 Å². The fourth-order valence-corrected chi connectivity index (χ4v) is 8.33. The van der Waals surface area contributed by atoms with Crippen molar-refractivity contribution >= 4 is 179 Å². The maximum absolute atomic E-state index is 14.3. The third-order valence-electron chi connectivity index (χ3n) is 9.47. The number of halogens is 12. The number of alkyl halides is 8. The van der Waals surface area contributed by atoms with E-state index in [1.807, 2.05) is 109 Å². The summed E-state index contributed by atoms with van der Waals surface area (Å²) in [7, 11) is 0. The fourth-order valence-electron chi connectivity index (χ4n) is 6.64. The molecule has 5 aromatic carbocycles. The van der Waals surface area contributed by atoms with Gasteiger partial charge in [-0.2, -0.15) is 0 Å². The number of hydrogen-bond acceptors (Lipinski definition) is 6. The molecule has 0 aliphatic carbocycles. The van der Waals surface area contributed by atoms with E-state index in [2.05, 4.69) is 21.3 Å². The molecule has 0 amide bonds. The minimum absolute atomic E-state index is 0.0203. The SMILES string of the molecule is O=C1OC(C=C(c2ccc(NCC(Cl)Cl)cc2)c2ccc(NCC(Cl)Cl)cc2)(C=C(c2ccc(NCC(Cl)Cl)cc2)c2ccc(NCC(Cl)Cl)cc2)c2c(Cl)c(Cl)c(Cl)c(Cl)c21. The number of nitrogens with one attached hydrogen (secondary N) is 4. The van der Waals surface area contributed by atoms with Crippen molar-refractivity contribution in [3.63, 3.8) is 0 Å². The number of hydrogen-bond donors (Lipinski definition) is 4. The number of fused-ring (bicyclic) bond motifs is 1. The topological polar surface area (TPSA) is 74.4 Å². The van der Waals surface area contributed by atoms with E-state index in [0.717, 1.165) is 45.0 Å². The lowest BCUT2D eigenvalue weighted by Gasteiger charge is -2.27. The molecular formula is C44H34Cl12N4O2. The summed E-state index contributed by atoms with van der Waals surface area (Å²) in [6.45, 7) is 1.30. The van der Waals surface area contributed by atoms with E-state index in [9.17, 15) is 4.79 Å². The van der Waals surface area contributed by atoms with E-state index in [1.54, 1.807) is 0 Å². The summed E-state index contributed by atoms with van der Waals surface area (Å²) in [4.78, 5) is 11.8. The van der Waals surface area contributed by atoms with Gasteiger partial charge in [0.2, 0.25) is 0 Å². The van der Waals surface area contributed by atoms with Crippen LogP contribution in [0.3, 0.4) is 0 Å². The highest BCUT2D eigenvalue weighted by Crippen LogP contribution is 2.53. The van der Waals surface area contributed by atoms with Crippen molar-refractivity contribution < 1.29 is 9.53 Å². The van der Waals surface area contributed by atoms with Crippen LogP contribution in [-0.4, -0.2) is 51.5 Å². The lowest BCUT2D eigenvalue weighted by molar-refractivity contribution is 0.0300. The Hall–Kier alpha value is -2.27. The molecule has 0 bridgehead atoms. The standard InChI is InChI=1S/C44H34Cl12N4O2/c45-33(46)19-57-27-9-1-23(2-10-27)31(24-3-11-28(12-4-24)58-20-34(47)48)17-44(38-37(43(61)62-44)39(53)41(55)42(56)40(38)54)18-32(25-5-13-29(14-6-25)59-21-35(49)50)26-7-15-30(16-8-26)60-22-36(51)52/h1-18,33-36,57-60H,19-22H2. The molecule has 4 N–H and O–H groups in total. The van der Waals surface area contributed by atoms with Crippen LogP contribution >= 0.6 is 139 Å². The molecule has 0 aromatic heterocycles. The van der Waals surface area contributed by atoms with Gasteiger partial charge in [-0.3, -0.25) is 0 Å². The Morgan fingerprint density at radius 2 is 0.726 bits per heavy atom. The van der Waals surface area contributed by atoms with Gasteiger partial charge in [0.25, 0.3) is 0 Å². The molecule has 0 atom stereocenters. The molecule has 0 saturated heterocycles. The third kappa shape index (κ3) is 12.3. The van der Waals surface area contributed by atoms with Gasteiger partial charge in [0.1, 0.15) is 19.3 Å². The van der Waals surface area contributed by atoms with Crippen LogP contribution in [-0.2, 0) is 10.3 Å². The van der Waals surface area contributed by atoms with Crippen molar-refractivity contribution in [3.8, 4) is 0 Å². The molecule has 18 heteroatoms. The van der Waals surface area contributed by atoms with Gasteiger partial charge < -0.3 is 26.0 Å². The van der Waals surface area contributed by atoms with E-state index in [0.29, 0.717) is 37.3 Å². The summed E-state index contributed by atoms with van der Waals surface area (Å²) < 4.78 is 6.55. The van der Waals surface area contributed by atoms with Crippen molar-refractivity contribution in [2.75, 3.05) is 47.4 Å². The van der Waals surface area contributed by atoms with Gasteiger partial charge in [-0.1, -0.05) is 94.9 Å². The first-order chi connectivity index (χ1) is 29.5. The lowest BCUT2D eigenvalue weighted by Crippen LogP contribution is -2.23. The van der Waals surface area contributed by atoms with Crippen LogP contribution in [0.2, 0.25) is 20.1 Å². The van der Waals surface area contributed by atoms with Crippen LogP contribution in [0.1, 0.15) is 38.2 Å². The predicted molar refractivity (Wildman–Crippen MR) is 269 cm³/mol. The lowest BCUT2D eigenvalue weighted by atomic mass is 9.83. The molecule has 0 unspecified atom stereocenters. The average molecular weight is 1080 g/mol. The van der Waals surface area contributed by atoms with Crippen LogP contribution in [0.4, 0.5) is 22.7 Å². The monoisotopic (exact) mass is 1070 g/mol. The summed E-state index contributed by atoms with van der Waals surface area (Å²) in [5.41, 5.74) is 5.76. The number of esters is 1. The number of carbonyl (C=O) groups excluding carboxylic acids is 1. The molecule has 6 nitrogen and oxygen atoms in total. The first kappa shape index (κ1) is 49.2. The van der Waals surface area contributed by atoms with Crippen molar-refractivity contribution in [2.45, 2.75) is 24.9 Å². The van der Waals surface area contributed by atoms with E-state index in [1.165, 1.54) is 0 Å². The zero-order chi connectivity index (χ0) is 44.7. The molecule has 0 spiro atoms. The van der Waals surface area contributed by atoms with Gasteiger partial charge in [0.15, 0.2) is 5.60 Å². The van der Waals surface area contributed by atoms with Crippen LogP contribution in [0, 0.1) is 0 Å². The second kappa shape index (κ2) is 22.3. The molecule has 0 fully saturated rings.